The summed E-state index contributed by atoms with van der Waals surface area (Å²) in [6.45, 7) is 5.91. The van der Waals surface area contributed by atoms with Crippen LogP contribution in [0.4, 0.5) is 0 Å². The van der Waals surface area contributed by atoms with Crippen molar-refractivity contribution >= 4 is 0 Å². The zero-order chi connectivity index (χ0) is 14.2. The van der Waals surface area contributed by atoms with Crippen LogP contribution in [0.2, 0.25) is 0 Å². The number of hydrogen-bond donors (Lipinski definition) is 1. The Morgan fingerprint density at radius 3 is 2.37 bits per heavy atom. The molecule has 4 heteroatoms. The van der Waals surface area contributed by atoms with Gasteiger partial charge in [0.1, 0.15) is 11.9 Å². The third-order valence-electron chi connectivity index (χ3n) is 3.65. The first-order valence-corrected chi connectivity index (χ1v) is 6.27. The first-order valence-electron chi connectivity index (χ1n) is 6.27. The molecule has 0 spiro atoms. The van der Waals surface area contributed by atoms with Gasteiger partial charge in [0.2, 0.25) is 0 Å². The first-order chi connectivity index (χ1) is 8.95. The lowest BCUT2D eigenvalue weighted by Gasteiger charge is -2.16. The van der Waals surface area contributed by atoms with Gasteiger partial charge in [0, 0.05) is 18.3 Å². The molecule has 1 aromatic carbocycles. The molecular formula is C15H20N2O2. The Morgan fingerprint density at radius 1 is 1.16 bits per heavy atom. The summed E-state index contributed by atoms with van der Waals surface area (Å²) in [5.41, 5.74) is 4.74. The smallest absolute Gasteiger partial charge is 0.122 e. The van der Waals surface area contributed by atoms with Gasteiger partial charge in [-0.05, 0) is 49.6 Å². The summed E-state index contributed by atoms with van der Waals surface area (Å²) >= 11 is 0. The van der Waals surface area contributed by atoms with Crippen LogP contribution in [0.15, 0.2) is 18.3 Å². The molecule has 1 unspecified atom stereocenters. The maximum absolute atomic E-state index is 10.6. The van der Waals surface area contributed by atoms with Crippen molar-refractivity contribution in [2.24, 2.45) is 7.05 Å². The van der Waals surface area contributed by atoms with Crippen LogP contribution < -0.4 is 4.74 Å². The quantitative estimate of drug-likeness (QED) is 0.922. The van der Waals surface area contributed by atoms with Gasteiger partial charge >= 0.3 is 0 Å². The van der Waals surface area contributed by atoms with E-state index in [1.807, 2.05) is 40.0 Å². The van der Waals surface area contributed by atoms with Crippen LogP contribution in [0.3, 0.4) is 0 Å². The number of aromatic nitrogens is 2. The van der Waals surface area contributed by atoms with Crippen molar-refractivity contribution in [2.45, 2.75) is 26.9 Å². The summed E-state index contributed by atoms with van der Waals surface area (Å²) in [4.78, 5) is 0. The number of methoxy groups -OCH3 is 1. The molecule has 102 valence electrons. The molecule has 0 bridgehead atoms. The zero-order valence-electron chi connectivity index (χ0n) is 12.1. The number of rotatable bonds is 3. The van der Waals surface area contributed by atoms with E-state index in [-0.39, 0.29) is 0 Å². The van der Waals surface area contributed by atoms with Crippen LogP contribution in [-0.4, -0.2) is 22.0 Å². The molecule has 0 saturated heterocycles. The summed E-state index contributed by atoms with van der Waals surface area (Å²) in [5, 5.41) is 14.7. The lowest BCUT2D eigenvalue weighted by Crippen LogP contribution is -2.05. The van der Waals surface area contributed by atoms with E-state index in [2.05, 4.69) is 5.10 Å². The molecule has 2 aromatic rings. The molecule has 0 fully saturated rings. The lowest BCUT2D eigenvalue weighted by atomic mass is 9.96. The first kappa shape index (κ1) is 13.6. The van der Waals surface area contributed by atoms with E-state index < -0.39 is 6.10 Å². The Hall–Kier alpha value is -1.81. The van der Waals surface area contributed by atoms with E-state index in [0.717, 1.165) is 33.7 Å². The van der Waals surface area contributed by atoms with Crippen LogP contribution >= 0.6 is 0 Å². The highest BCUT2D eigenvalue weighted by Crippen LogP contribution is 2.31. The summed E-state index contributed by atoms with van der Waals surface area (Å²) in [5.74, 6) is 0.844. The van der Waals surface area contributed by atoms with Crippen molar-refractivity contribution in [2.75, 3.05) is 7.11 Å². The van der Waals surface area contributed by atoms with Crippen LogP contribution in [0.1, 0.15) is 34.1 Å². The van der Waals surface area contributed by atoms with E-state index in [4.69, 9.17) is 4.74 Å². The van der Waals surface area contributed by atoms with Gasteiger partial charge in [-0.15, -0.1) is 0 Å². The largest absolute Gasteiger partial charge is 0.496 e. The van der Waals surface area contributed by atoms with E-state index >= 15 is 0 Å². The molecule has 0 amide bonds. The summed E-state index contributed by atoms with van der Waals surface area (Å²) < 4.78 is 7.06. The van der Waals surface area contributed by atoms with Gasteiger partial charge < -0.3 is 9.84 Å². The molecule has 0 aliphatic rings. The number of aliphatic hydroxyl groups excluding tert-OH is 1. The standard InChI is InChI=1S/C15H20N2O2/c1-9-7-14(19-5)10(2)6-12(9)15(18)13-8-16-17(4)11(13)3/h6-8,15,18H,1-5H3. The van der Waals surface area contributed by atoms with Gasteiger partial charge in [0.15, 0.2) is 0 Å². The highest BCUT2D eigenvalue weighted by Gasteiger charge is 2.19. The minimum absolute atomic E-state index is 0.654. The van der Waals surface area contributed by atoms with Gasteiger partial charge in [-0.1, -0.05) is 0 Å². The highest BCUT2D eigenvalue weighted by molar-refractivity contribution is 5.45. The van der Waals surface area contributed by atoms with Crippen LogP contribution in [0.25, 0.3) is 0 Å². The average molecular weight is 260 g/mol. The number of nitrogens with zero attached hydrogens (tertiary/aromatic N) is 2. The number of ether oxygens (including phenoxy) is 1. The second-order valence-electron chi connectivity index (χ2n) is 4.89. The van der Waals surface area contributed by atoms with E-state index in [9.17, 15) is 5.11 Å². The van der Waals surface area contributed by atoms with E-state index in [1.165, 1.54) is 0 Å². The predicted octanol–water partition coefficient (Wildman–Crippen LogP) is 2.44. The predicted molar refractivity (Wildman–Crippen MR) is 74.5 cm³/mol. The molecule has 1 atom stereocenters. The molecule has 0 aliphatic carbocycles. The van der Waals surface area contributed by atoms with Crippen LogP contribution in [-0.2, 0) is 7.05 Å². The molecule has 1 N–H and O–H groups in total. The van der Waals surface area contributed by atoms with Crippen molar-refractivity contribution in [1.82, 2.24) is 9.78 Å². The Balaban J connectivity index is 2.47. The Morgan fingerprint density at radius 2 is 1.84 bits per heavy atom. The molecule has 19 heavy (non-hydrogen) atoms. The fourth-order valence-electron chi connectivity index (χ4n) is 2.28. The molecule has 2 rings (SSSR count). The number of benzene rings is 1. The highest BCUT2D eigenvalue weighted by atomic mass is 16.5. The monoisotopic (exact) mass is 260 g/mol. The second-order valence-corrected chi connectivity index (χ2v) is 4.89. The molecule has 0 aliphatic heterocycles. The van der Waals surface area contributed by atoms with Crippen LogP contribution in [0, 0.1) is 20.8 Å². The Bertz CT molecular complexity index is 602. The topological polar surface area (TPSA) is 47.3 Å². The molecule has 1 heterocycles. The fourth-order valence-corrected chi connectivity index (χ4v) is 2.28. The average Bonchev–Trinajstić information content (AvgIpc) is 2.71. The lowest BCUT2D eigenvalue weighted by molar-refractivity contribution is 0.218. The second kappa shape index (κ2) is 5.05. The van der Waals surface area contributed by atoms with Crippen molar-refractivity contribution in [3.05, 3.63) is 46.3 Å². The van der Waals surface area contributed by atoms with Crippen molar-refractivity contribution in [3.8, 4) is 5.75 Å². The summed E-state index contributed by atoms with van der Waals surface area (Å²) in [7, 11) is 3.53. The van der Waals surface area contributed by atoms with Gasteiger partial charge in [-0.25, -0.2) is 0 Å². The number of aryl methyl sites for hydroxylation is 3. The van der Waals surface area contributed by atoms with Gasteiger partial charge in [-0.2, -0.15) is 5.10 Å². The minimum atomic E-state index is -0.654. The van der Waals surface area contributed by atoms with Gasteiger partial charge in [-0.3, -0.25) is 4.68 Å². The van der Waals surface area contributed by atoms with Crippen molar-refractivity contribution in [1.29, 1.82) is 0 Å². The maximum atomic E-state index is 10.6. The SMILES string of the molecule is COc1cc(C)c(C(O)c2cnn(C)c2C)cc1C. The minimum Gasteiger partial charge on any atom is -0.496 e. The third kappa shape index (κ3) is 2.36. The molecular weight excluding hydrogens is 240 g/mol. The fraction of sp³-hybridized carbons (Fsp3) is 0.400. The van der Waals surface area contributed by atoms with Crippen LogP contribution in [0.5, 0.6) is 5.75 Å². The van der Waals surface area contributed by atoms with E-state index in [1.54, 1.807) is 18.0 Å². The van der Waals surface area contributed by atoms with Gasteiger partial charge in [0.25, 0.3) is 0 Å². The molecule has 0 radical (unpaired) electrons. The zero-order valence-corrected chi connectivity index (χ0v) is 12.1. The Kier molecular flexibility index (Phi) is 3.62. The summed E-state index contributed by atoms with van der Waals surface area (Å²) in [6, 6.07) is 3.94. The van der Waals surface area contributed by atoms with E-state index in [0.29, 0.717) is 0 Å². The van der Waals surface area contributed by atoms with Crippen molar-refractivity contribution < 1.29 is 9.84 Å². The Labute approximate surface area is 113 Å². The maximum Gasteiger partial charge on any atom is 0.122 e. The third-order valence-corrected chi connectivity index (χ3v) is 3.65. The number of hydrogen-bond acceptors (Lipinski definition) is 3. The summed E-state index contributed by atoms with van der Waals surface area (Å²) in [6.07, 6.45) is 1.07. The number of aliphatic hydroxyl groups is 1. The molecule has 1 aromatic heterocycles. The molecule has 4 nitrogen and oxygen atoms in total. The molecule has 0 saturated carbocycles. The normalized spacial score (nSPS) is 12.5. The van der Waals surface area contributed by atoms with Gasteiger partial charge in [0.05, 0.1) is 13.3 Å². The van der Waals surface area contributed by atoms with Crippen molar-refractivity contribution in [3.63, 3.8) is 0 Å².